The van der Waals surface area contributed by atoms with Crippen LogP contribution in [0.5, 0.6) is 0 Å². The molecule has 3 rings (SSSR count). The molecule has 0 aliphatic carbocycles. The number of carbonyl (C=O) groups is 1. The van der Waals surface area contributed by atoms with Crippen molar-refractivity contribution < 1.29 is 9.18 Å². The molecule has 1 fully saturated rings. The van der Waals surface area contributed by atoms with Gasteiger partial charge in [0.15, 0.2) is 0 Å². The van der Waals surface area contributed by atoms with Gasteiger partial charge in [-0.15, -0.1) is 11.3 Å². The Kier molecular flexibility index (Phi) is 4.55. The summed E-state index contributed by atoms with van der Waals surface area (Å²) in [4.78, 5) is 15.4. The Balaban J connectivity index is 1.45. The molecule has 5 heteroatoms. The van der Waals surface area contributed by atoms with Crippen molar-refractivity contribution in [2.75, 3.05) is 13.1 Å². The largest absolute Gasteiger partial charge is 0.354 e. The lowest BCUT2D eigenvalue weighted by Gasteiger charge is -2.08. The lowest BCUT2D eigenvalue weighted by Crippen LogP contribution is -2.31. The Hall–Kier alpha value is -1.72. The molecule has 2 aromatic rings. The zero-order valence-corrected chi connectivity index (χ0v) is 13.3. The summed E-state index contributed by atoms with van der Waals surface area (Å²) in [6.07, 6.45) is 0.874. The molecule has 22 heavy (non-hydrogen) atoms. The fraction of sp³-hybridized carbons (Fsp3) is 0.353. The summed E-state index contributed by atoms with van der Waals surface area (Å²) in [5, 5.41) is 5.02. The van der Waals surface area contributed by atoms with E-state index in [2.05, 4.69) is 16.3 Å². The zero-order chi connectivity index (χ0) is 15.5. The zero-order valence-electron chi connectivity index (χ0n) is 12.5. The first-order chi connectivity index (χ1) is 10.6. The number of nitrogens with zero attached hydrogens (tertiary/aromatic N) is 1. The van der Waals surface area contributed by atoms with Crippen molar-refractivity contribution in [2.24, 2.45) is 0 Å². The molecule has 1 aliphatic rings. The van der Waals surface area contributed by atoms with E-state index in [-0.39, 0.29) is 17.8 Å². The van der Waals surface area contributed by atoms with Gasteiger partial charge in [-0.05, 0) is 48.1 Å². The average molecular weight is 318 g/mol. The number of aryl methyl sites for hydroxylation is 1. The highest BCUT2D eigenvalue weighted by atomic mass is 32.1. The predicted molar refractivity (Wildman–Crippen MR) is 86.4 cm³/mol. The summed E-state index contributed by atoms with van der Waals surface area (Å²) >= 11 is 1.71. The van der Waals surface area contributed by atoms with E-state index in [4.69, 9.17) is 0 Å². The maximum atomic E-state index is 13.3. The third-order valence-corrected chi connectivity index (χ3v) is 4.89. The van der Waals surface area contributed by atoms with E-state index in [1.165, 1.54) is 10.9 Å². The van der Waals surface area contributed by atoms with Crippen molar-refractivity contribution in [3.8, 4) is 0 Å². The summed E-state index contributed by atoms with van der Waals surface area (Å²) in [5.74, 6) is -0.148. The van der Waals surface area contributed by atoms with Crippen molar-refractivity contribution in [3.63, 3.8) is 0 Å². The van der Waals surface area contributed by atoms with Crippen LogP contribution in [0.25, 0.3) is 0 Å². The molecule has 1 N–H and O–H groups in total. The molecule has 1 aromatic carbocycles. The van der Waals surface area contributed by atoms with Crippen LogP contribution in [0.1, 0.15) is 16.0 Å². The van der Waals surface area contributed by atoms with Gasteiger partial charge in [0.1, 0.15) is 11.9 Å². The predicted octanol–water partition coefficient (Wildman–Crippen LogP) is 2.74. The number of benzene rings is 1. The Bertz CT molecular complexity index is 657. The molecule has 1 aromatic heterocycles. The lowest BCUT2D eigenvalue weighted by molar-refractivity contribution is -0.121. The minimum absolute atomic E-state index is 0.0639. The molecule has 1 saturated heterocycles. The molecule has 3 nitrogen and oxygen atoms in total. The third kappa shape index (κ3) is 3.72. The first-order valence-corrected chi connectivity index (χ1v) is 8.30. The first-order valence-electron chi connectivity index (χ1n) is 7.42. The summed E-state index contributed by atoms with van der Waals surface area (Å²) in [6.45, 7) is 4.02. The van der Waals surface area contributed by atoms with E-state index in [0.29, 0.717) is 13.1 Å². The summed E-state index contributed by atoms with van der Waals surface area (Å²) in [5.41, 5.74) is 2.01. The van der Waals surface area contributed by atoms with E-state index in [9.17, 15) is 9.18 Å². The first kappa shape index (κ1) is 15.2. The van der Waals surface area contributed by atoms with Crippen LogP contribution < -0.4 is 5.32 Å². The van der Waals surface area contributed by atoms with Crippen molar-refractivity contribution in [1.82, 2.24) is 10.2 Å². The van der Waals surface area contributed by atoms with Gasteiger partial charge in [-0.3, -0.25) is 9.69 Å². The molecule has 2 atom stereocenters. The number of halogens is 1. The van der Waals surface area contributed by atoms with Gasteiger partial charge in [-0.2, -0.15) is 0 Å². The number of hydrogen-bond donors (Lipinski definition) is 1. The highest BCUT2D eigenvalue weighted by Gasteiger charge is 2.40. The van der Waals surface area contributed by atoms with Crippen LogP contribution in [0.3, 0.4) is 0 Å². The van der Waals surface area contributed by atoms with Gasteiger partial charge < -0.3 is 5.32 Å². The molecule has 0 bridgehead atoms. The molecule has 2 unspecified atom stereocenters. The molecule has 0 radical (unpaired) electrons. The number of thiophene rings is 1. The van der Waals surface area contributed by atoms with Crippen molar-refractivity contribution in [2.45, 2.75) is 25.9 Å². The molecule has 0 saturated carbocycles. The third-order valence-electron chi connectivity index (χ3n) is 3.95. The smallest absolute Gasteiger partial charge is 0.238 e. The van der Waals surface area contributed by atoms with E-state index >= 15 is 0 Å². The molecule has 116 valence electrons. The van der Waals surface area contributed by atoms with Crippen LogP contribution in [0.2, 0.25) is 0 Å². The van der Waals surface area contributed by atoms with Crippen LogP contribution in [0.4, 0.5) is 4.39 Å². The Morgan fingerprint density at radius 2 is 2.32 bits per heavy atom. The Morgan fingerprint density at radius 3 is 3.09 bits per heavy atom. The average Bonchev–Trinajstić information content (AvgIpc) is 3.06. The van der Waals surface area contributed by atoms with Crippen LogP contribution in [0, 0.1) is 12.7 Å². The van der Waals surface area contributed by atoms with Crippen LogP contribution in [-0.4, -0.2) is 29.9 Å². The number of rotatable bonds is 6. The topological polar surface area (TPSA) is 32.1 Å². The van der Waals surface area contributed by atoms with Crippen molar-refractivity contribution in [1.29, 1.82) is 0 Å². The second kappa shape index (κ2) is 6.58. The van der Waals surface area contributed by atoms with Gasteiger partial charge >= 0.3 is 0 Å². The maximum Gasteiger partial charge on any atom is 0.238 e. The molecular weight excluding hydrogens is 299 g/mol. The minimum atomic E-state index is -0.223. The van der Waals surface area contributed by atoms with Crippen LogP contribution in [0.15, 0.2) is 35.7 Å². The van der Waals surface area contributed by atoms with E-state index in [0.717, 1.165) is 24.1 Å². The SMILES string of the molecule is Cc1ccc(F)cc1CN1CC1C(=O)NCCc1cccs1. The monoisotopic (exact) mass is 318 g/mol. The standard InChI is InChI=1S/C17H19FN2OS/c1-12-4-5-14(18)9-13(12)10-20-11-16(20)17(21)19-7-6-15-3-2-8-22-15/h2-5,8-9,16H,6-7,10-11H2,1H3,(H,19,21). The normalized spacial score (nSPS) is 19.9. The lowest BCUT2D eigenvalue weighted by atomic mass is 10.1. The van der Waals surface area contributed by atoms with Crippen LogP contribution in [-0.2, 0) is 17.8 Å². The fourth-order valence-corrected chi connectivity index (χ4v) is 3.22. The molecular formula is C17H19FN2OS. The maximum absolute atomic E-state index is 13.3. The van der Waals surface area contributed by atoms with Crippen LogP contribution >= 0.6 is 11.3 Å². The van der Waals surface area contributed by atoms with Gasteiger partial charge in [0.05, 0.1) is 0 Å². The summed E-state index contributed by atoms with van der Waals surface area (Å²) in [6, 6.07) is 8.84. The minimum Gasteiger partial charge on any atom is -0.354 e. The van der Waals surface area contributed by atoms with Gasteiger partial charge in [0, 0.05) is 24.5 Å². The quantitative estimate of drug-likeness (QED) is 0.831. The van der Waals surface area contributed by atoms with Gasteiger partial charge in [0.2, 0.25) is 5.91 Å². The van der Waals surface area contributed by atoms with Crippen molar-refractivity contribution >= 4 is 17.2 Å². The molecule has 0 spiro atoms. The fourth-order valence-electron chi connectivity index (χ4n) is 2.51. The highest BCUT2D eigenvalue weighted by molar-refractivity contribution is 7.09. The van der Waals surface area contributed by atoms with E-state index in [1.54, 1.807) is 23.5 Å². The number of hydrogen-bond acceptors (Lipinski definition) is 3. The van der Waals surface area contributed by atoms with E-state index < -0.39 is 0 Å². The number of amides is 1. The Morgan fingerprint density at radius 1 is 1.45 bits per heavy atom. The molecule has 1 aliphatic heterocycles. The van der Waals surface area contributed by atoms with Gasteiger partial charge in [-0.25, -0.2) is 4.39 Å². The van der Waals surface area contributed by atoms with Crippen molar-refractivity contribution in [3.05, 3.63) is 57.5 Å². The number of carbonyl (C=O) groups excluding carboxylic acids is 1. The Labute approximate surface area is 133 Å². The molecule has 1 amide bonds. The number of nitrogens with one attached hydrogen (secondary N) is 1. The molecule has 2 heterocycles. The summed E-state index contributed by atoms with van der Waals surface area (Å²) in [7, 11) is 0. The summed E-state index contributed by atoms with van der Waals surface area (Å²) < 4.78 is 13.3. The van der Waals surface area contributed by atoms with Gasteiger partial charge in [-0.1, -0.05) is 12.1 Å². The highest BCUT2D eigenvalue weighted by Crippen LogP contribution is 2.23. The second-order valence-corrected chi connectivity index (χ2v) is 6.67. The van der Waals surface area contributed by atoms with E-state index in [1.807, 2.05) is 18.4 Å². The second-order valence-electron chi connectivity index (χ2n) is 5.64. The van der Waals surface area contributed by atoms with Gasteiger partial charge in [0.25, 0.3) is 0 Å².